The van der Waals surface area contributed by atoms with Crippen LogP contribution in [0.15, 0.2) is 42.7 Å². The maximum absolute atomic E-state index is 9.42. The van der Waals surface area contributed by atoms with E-state index >= 15 is 0 Å². The zero-order valence-corrected chi connectivity index (χ0v) is 9.51. The Morgan fingerprint density at radius 3 is 2.62 bits per heavy atom. The van der Waals surface area contributed by atoms with Crippen LogP contribution in [0.3, 0.4) is 0 Å². The van der Waals surface area contributed by atoms with Crippen LogP contribution in [0.2, 0.25) is 0 Å². The standard InChI is InChI=1S/C12H13ClN2O/c13-9-12(16)8-10-2-4-11(5-3-10)15-7-1-6-14-15/h1-7,12,16H,8-9H2. The van der Waals surface area contributed by atoms with Crippen LogP contribution in [0, 0.1) is 0 Å². The highest BCUT2D eigenvalue weighted by Crippen LogP contribution is 2.10. The van der Waals surface area contributed by atoms with Crippen LogP contribution in [-0.2, 0) is 6.42 Å². The summed E-state index contributed by atoms with van der Waals surface area (Å²) in [5, 5.41) is 13.6. The summed E-state index contributed by atoms with van der Waals surface area (Å²) >= 11 is 5.55. The Balaban J connectivity index is 2.11. The van der Waals surface area contributed by atoms with Crippen LogP contribution in [0.1, 0.15) is 5.56 Å². The summed E-state index contributed by atoms with van der Waals surface area (Å²) in [6.45, 7) is 0. The van der Waals surface area contributed by atoms with Crippen molar-refractivity contribution in [1.29, 1.82) is 0 Å². The molecule has 0 saturated carbocycles. The molecule has 16 heavy (non-hydrogen) atoms. The smallest absolute Gasteiger partial charge is 0.0715 e. The Morgan fingerprint density at radius 1 is 1.31 bits per heavy atom. The van der Waals surface area contributed by atoms with E-state index in [0.717, 1.165) is 11.3 Å². The van der Waals surface area contributed by atoms with Crippen molar-refractivity contribution in [2.24, 2.45) is 0 Å². The zero-order chi connectivity index (χ0) is 11.4. The molecule has 4 heteroatoms. The van der Waals surface area contributed by atoms with Gasteiger partial charge in [-0.05, 0) is 30.2 Å². The van der Waals surface area contributed by atoms with Crippen molar-refractivity contribution < 1.29 is 5.11 Å². The molecule has 0 fully saturated rings. The van der Waals surface area contributed by atoms with Gasteiger partial charge in [0.15, 0.2) is 0 Å². The van der Waals surface area contributed by atoms with Crippen LogP contribution in [0.25, 0.3) is 5.69 Å². The van der Waals surface area contributed by atoms with Gasteiger partial charge in [-0.3, -0.25) is 0 Å². The molecule has 0 aliphatic heterocycles. The Bertz CT molecular complexity index is 425. The zero-order valence-electron chi connectivity index (χ0n) is 8.75. The van der Waals surface area contributed by atoms with Crippen molar-refractivity contribution in [2.75, 3.05) is 5.88 Å². The molecule has 0 saturated heterocycles. The summed E-state index contributed by atoms with van der Waals surface area (Å²) < 4.78 is 1.79. The third kappa shape index (κ3) is 2.62. The highest BCUT2D eigenvalue weighted by molar-refractivity contribution is 6.18. The predicted molar refractivity (Wildman–Crippen MR) is 64.0 cm³/mol. The molecule has 0 spiro atoms. The van der Waals surface area contributed by atoms with E-state index < -0.39 is 6.10 Å². The number of halogens is 1. The van der Waals surface area contributed by atoms with Gasteiger partial charge >= 0.3 is 0 Å². The van der Waals surface area contributed by atoms with E-state index in [2.05, 4.69) is 5.10 Å². The third-order valence-electron chi connectivity index (χ3n) is 2.35. The molecule has 0 aliphatic rings. The maximum atomic E-state index is 9.42. The van der Waals surface area contributed by atoms with Gasteiger partial charge in [0.1, 0.15) is 0 Å². The van der Waals surface area contributed by atoms with Crippen LogP contribution >= 0.6 is 11.6 Å². The molecule has 1 atom stereocenters. The first-order valence-corrected chi connectivity index (χ1v) is 5.66. The Labute approximate surface area is 99.3 Å². The fourth-order valence-corrected chi connectivity index (χ4v) is 1.64. The summed E-state index contributed by atoms with van der Waals surface area (Å²) in [5.41, 5.74) is 2.08. The Hall–Kier alpha value is -1.32. The first-order chi connectivity index (χ1) is 7.79. The molecule has 0 radical (unpaired) electrons. The second-order valence-electron chi connectivity index (χ2n) is 3.63. The van der Waals surface area contributed by atoms with E-state index in [-0.39, 0.29) is 5.88 Å². The molecule has 1 unspecified atom stereocenters. The van der Waals surface area contributed by atoms with Gasteiger partial charge in [-0.2, -0.15) is 5.10 Å². The molecular weight excluding hydrogens is 224 g/mol. The lowest BCUT2D eigenvalue weighted by molar-refractivity contribution is 0.199. The van der Waals surface area contributed by atoms with Crippen molar-refractivity contribution in [1.82, 2.24) is 9.78 Å². The van der Waals surface area contributed by atoms with Gasteiger partial charge in [0.25, 0.3) is 0 Å². The highest BCUT2D eigenvalue weighted by Gasteiger charge is 2.03. The number of hydrogen-bond donors (Lipinski definition) is 1. The van der Waals surface area contributed by atoms with Gasteiger partial charge in [0.2, 0.25) is 0 Å². The minimum atomic E-state index is -0.475. The van der Waals surface area contributed by atoms with Crippen molar-refractivity contribution >= 4 is 11.6 Å². The van der Waals surface area contributed by atoms with Crippen molar-refractivity contribution in [2.45, 2.75) is 12.5 Å². The summed E-state index contributed by atoms with van der Waals surface area (Å²) in [5.74, 6) is 0.265. The molecule has 3 nitrogen and oxygen atoms in total. The SMILES string of the molecule is OC(CCl)Cc1ccc(-n2cccn2)cc1. The molecule has 2 aromatic rings. The molecule has 1 aromatic heterocycles. The monoisotopic (exact) mass is 236 g/mol. The molecule has 1 aromatic carbocycles. The number of rotatable bonds is 4. The Kier molecular flexibility index (Phi) is 3.59. The number of aliphatic hydroxyl groups is 1. The molecule has 1 N–H and O–H groups in total. The summed E-state index contributed by atoms with van der Waals surface area (Å²) in [4.78, 5) is 0. The van der Waals surface area contributed by atoms with E-state index in [0.29, 0.717) is 6.42 Å². The van der Waals surface area contributed by atoms with Crippen LogP contribution < -0.4 is 0 Å². The van der Waals surface area contributed by atoms with Gasteiger partial charge in [-0.25, -0.2) is 4.68 Å². The van der Waals surface area contributed by atoms with Gasteiger partial charge < -0.3 is 5.11 Å². The molecule has 0 aliphatic carbocycles. The van der Waals surface area contributed by atoms with Crippen molar-refractivity contribution in [3.8, 4) is 5.69 Å². The van der Waals surface area contributed by atoms with E-state index in [1.54, 1.807) is 10.9 Å². The Morgan fingerprint density at radius 2 is 2.06 bits per heavy atom. The van der Waals surface area contributed by atoms with Crippen LogP contribution in [0.5, 0.6) is 0 Å². The average Bonchev–Trinajstić information content (AvgIpc) is 2.83. The molecule has 0 amide bonds. The summed E-state index contributed by atoms with van der Waals surface area (Å²) in [6.07, 6.45) is 3.74. The van der Waals surface area contributed by atoms with E-state index in [1.165, 1.54) is 0 Å². The minimum absolute atomic E-state index is 0.265. The molecule has 84 valence electrons. The van der Waals surface area contributed by atoms with Gasteiger partial charge in [-0.15, -0.1) is 11.6 Å². The lowest BCUT2D eigenvalue weighted by atomic mass is 10.1. The number of nitrogens with zero attached hydrogens (tertiary/aromatic N) is 2. The second kappa shape index (κ2) is 5.14. The topological polar surface area (TPSA) is 38.0 Å². The average molecular weight is 237 g/mol. The predicted octanol–water partition coefficient (Wildman–Crippen LogP) is 2.01. The molecular formula is C12H13ClN2O. The van der Waals surface area contributed by atoms with Crippen LogP contribution in [0.4, 0.5) is 0 Å². The first kappa shape index (κ1) is 11.2. The lowest BCUT2D eigenvalue weighted by Crippen LogP contribution is -2.11. The van der Waals surface area contributed by atoms with Gasteiger partial charge in [0.05, 0.1) is 11.8 Å². The number of aliphatic hydroxyl groups excluding tert-OH is 1. The third-order valence-corrected chi connectivity index (χ3v) is 2.71. The quantitative estimate of drug-likeness (QED) is 0.825. The van der Waals surface area contributed by atoms with E-state index in [9.17, 15) is 5.11 Å². The van der Waals surface area contributed by atoms with Crippen molar-refractivity contribution in [3.05, 3.63) is 48.3 Å². The summed E-state index contributed by atoms with van der Waals surface area (Å²) in [6, 6.07) is 9.79. The first-order valence-electron chi connectivity index (χ1n) is 5.12. The number of benzene rings is 1. The number of hydrogen-bond acceptors (Lipinski definition) is 2. The summed E-state index contributed by atoms with van der Waals surface area (Å²) in [7, 11) is 0. The normalized spacial score (nSPS) is 12.6. The molecule has 0 bridgehead atoms. The molecule has 1 heterocycles. The van der Waals surface area contributed by atoms with Gasteiger partial charge in [0, 0.05) is 18.3 Å². The second-order valence-corrected chi connectivity index (χ2v) is 3.94. The fraction of sp³-hybridized carbons (Fsp3) is 0.250. The van der Waals surface area contributed by atoms with E-state index in [1.807, 2.05) is 36.5 Å². The van der Waals surface area contributed by atoms with E-state index in [4.69, 9.17) is 11.6 Å². The number of alkyl halides is 1. The minimum Gasteiger partial charge on any atom is -0.392 e. The maximum Gasteiger partial charge on any atom is 0.0715 e. The lowest BCUT2D eigenvalue weighted by Gasteiger charge is -2.07. The fourth-order valence-electron chi connectivity index (χ4n) is 1.53. The highest BCUT2D eigenvalue weighted by atomic mass is 35.5. The van der Waals surface area contributed by atoms with Crippen molar-refractivity contribution in [3.63, 3.8) is 0 Å². The number of aromatic nitrogens is 2. The largest absolute Gasteiger partial charge is 0.392 e. The molecule has 2 rings (SSSR count). The van der Waals surface area contributed by atoms with Gasteiger partial charge in [-0.1, -0.05) is 12.1 Å². The van der Waals surface area contributed by atoms with Crippen LogP contribution in [-0.4, -0.2) is 26.9 Å².